The van der Waals surface area contributed by atoms with Gasteiger partial charge in [-0.3, -0.25) is 0 Å². The Labute approximate surface area is 160 Å². The minimum absolute atomic E-state index is 0.0330. The van der Waals surface area contributed by atoms with E-state index in [0.717, 1.165) is 37.7 Å². The van der Waals surface area contributed by atoms with Crippen molar-refractivity contribution in [2.24, 2.45) is 0 Å². The number of anilines is 1. The third-order valence-electron chi connectivity index (χ3n) is 4.45. The second-order valence-corrected chi connectivity index (χ2v) is 6.30. The lowest BCUT2D eigenvalue weighted by molar-refractivity contribution is 0.191. The fourth-order valence-corrected chi connectivity index (χ4v) is 3.07. The molecule has 0 unspecified atom stereocenters. The molecular formula is C21H27N3O3. The van der Waals surface area contributed by atoms with E-state index in [-0.39, 0.29) is 6.03 Å². The van der Waals surface area contributed by atoms with Gasteiger partial charge in [0, 0.05) is 37.9 Å². The van der Waals surface area contributed by atoms with Gasteiger partial charge in [-0.15, -0.1) is 0 Å². The molecule has 1 heterocycles. The summed E-state index contributed by atoms with van der Waals surface area (Å²) in [6.45, 7) is 6.59. The van der Waals surface area contributed by atoms with Crippen LogP contribution in [0.2, 0.25) is 0 Å². The van der Waals surface area contributed by atoms with Gasteiger partial charge in [-0.25, -0.2) is 4.79 Å². The maximum Gasteiger partial charge on any atom is 0.317 e. The molecule has 2 amide bonds. The maximum absolute atomic E-state index is 12.3. The van der Waals surface area contributed by atoms with E-state index < -0.39 is 0 Å². The number of amides is 2. The number of urea groups is 1. The molecular weight excluding hydrogens is 342 g/mol. The minimum atomic E-state index is -0.0330. The third-order valence-corrected chi connectivity index (χ3v) is 4.45. The van der Waals surface area contributed by atoms with Crippen LogP contribution in [0.1, 0.15) is 6.92 Å². The molecule has 0 aromatic heterocycles. The molecule has 6 nitrogen and oxygen atoms in total. The van der Waals surface area contributed by atoms with Gasteiger partial charge in [-0.05, 0) is 31.2 Å². The largest absolute Gasteiger partial charge is 0.494 e. The van der Waals surface area contributed by atoms with Gasteiger partial charge < -0.3 is 24.6 Å². The van der Waals surface area contributed by atoms with E-state index in [1.807, 2.05) is 54.3 Å². The maximum atomic E-state index is 12.3. The Morgan fingerprint density at radius 1 is 0.963 bits per heavy atom. The van der Waals surface area contributed by atoms with E-state index in [9.17, 15) is 4.79 Å². The number of ether oxygens (including phenoxy) is 2. The summed E-state index contributed by atoms with van der Waals surface area (Å²) in [5.41, 5.74) is 1.21. The SMILES string of the molecule is CCOc1cccc(OCCNC(=O)N2CCN(c3ccccc3)CC2)c1. The van der Waals surface area contributed by atoms with Gasteiger partial charge >= 0.3 is 6.03 Å². The molecule has 2 aromatic rings. The third kappa shape index (κ3) is 5.54. The summed E-state index contributed by atoms with van der Waals surface area (Å²) in [5, 5.41) is 2.93. The van der Waals surface area contributed by atoms with Crippen LogP contribution < -0.4 is 19.7 Å². The van der Waals surface area contributed by atoms with E-state index in [0.29, 0.717) is 19.8 Å². The summed E-state index contributed by atoms with van der Waals surface area (Å²) in [6, 6.07) is 17.8. The summed E-state index contributed by atoms with van der Waals surface area (Å²) in [5.74, 6) is 1.53. The van der Waals surface area contributed by atoms with E-state index in [1.54, 1.807) is 0 Å². The van der Waals surface area contributed by atoms with Crippen molar-refractivity contribution in [2.45, 2.75) is 6.92 Å². The molecule has 1 fully saturated rings. The zero-order chi connectivity index (χ0) is 18.9. The van der Waals surface area contributed by atoms with Crippen molar-refractivity contribution in [3.63, 3.8) is 0 Å². The number of nitrogens with one attached hydrogen (secondary N) is 1. The molecule has 0 atom stereocenters. The Kier molecular flexibility index (Phi) is 6.79. The van der Waals surface area contributed by atoms with Crippen molar-refractivity contribution in [3.05, 3.63) is 54.6 Å². The molecule has 2 aromatic carbocycles. The fourth-order valence-electron chi connectivity index (χ4n) is 3.07. The van der Waals surface area contributed by atoms with E-state index >= 15 is 0 Å². The van der Waals surface area contributed by atoms with Crippen molar-refractivity contribution >= 4 is 11.7 Å². The summed E-state index contributed by atoms with van der Waals surface area (Å²) >= 11 is 0. The number of para-hydroxylation sites is 1. The summed E-state index contributed by atoms with van der Waals surface area (Å²) in [6.07, 6.45) is 0. The van der Waals surface area contributed by atoms with Gasteiger partial charge in [0.2, 0.25) is 0 Å². The Morgan fingerprint density at radius 2 is 1.67 bits per heavy atom. The molecule has 1 aliphatic rings. The number of nitrogens with zero attached hydrogens (tertiary/aromatic N) is 2. The van der Waals surface area contributed by atoms with Crippen molar-refractivity contribution in [2.75, 3.05) is 50.8 Å². The number of hydrogen-bond acceptors (Lipinski definition) is 4. The van der Waals surface area contributed by atoms with E-state index in [2.05, 4.69) is 22.3 Å². The van der Waals surface area contributed by atoms with Crippen molar-refractivity contribution < 1.29 is 14.3 Å². The molecule has 1 aliphatic heterocycles. The monoisotopic (exact) mass is 369 g/mol. The van der Waals surface area contributed by atoms with Gasteiger partial charge in [0.05, 0.1) is 13.2 Å². The lowest BCUT2D eigenvalue weighted by atomic mass is 10.2. The van der Waals surface area contributed by atoms with Crippen LogP contribution >= 0.6 is 0 Å². The lowest BCUT2D eigenvalue weighted by Crippen LogP contribution is -2.52. The molecule has 144 valence electrons. The zero-order valence-electron chi connectivity index (χ0n) is 15.8. The highest BCUT2D eigenvalue weighted by Crippen LogP contribution is 2.19. The molecule has 1 N–H and O–H groups in total. The number of hydrogen-bond donors (Lipinski definition) is 1. The number of piperazine rings is 1. The van der Waals surface area contributed by atoms with E-state index in [4.69, 9.17) is 9.47 Å². The first kappa shape index (κ1) is 18.9. The molecule has 3 rings (SSSR count). The highest BCUT2D eigenvalue weighted by Gasteiger charge is 2.20. The molecule has 0 bridgehead atoms. The van der Waals surface area contributed by atoms with Crippen LogP contribution in [0.5, 0.6) is 11.5 Å². The van der Waals surface area contributed by atoms with Crippen molar-refractivity contribution in [1.82, 2.24) is 10.2 Å². The van der Waals surface area contributed by atoms with Crippen molar-refractivity contribution in [1.29, 1.82) is 0 Å². The second-order valence-electron chi connectivity index (χ2n) is 6.30. The summed E-state index contributed by atoms with van der Waals surface area (Å²) in [4.78, 5) is 16.5. The highest BCUT2D eigenvalue weighted by atomic mass is 16.5. The quantitative estimate of drug-likeness (QED) is 0.763. The van der Waals surface area contributed by atoms with Gasteiger partial charge in [0.1, 0.15) is 18.1 Å². The molecule has 1 saturated heterocycles. The molecule has 0 spiro atoms. The highest BCUT2D eigenvalue weighted by molar-refractivity contribution is 5.74. The Morgan fingerprint density at radius 3 is 2.37 bits per heavy atom. The molecule has 27 heavy (non-hydrogen) atoms. The number of rotatable bonds is 7. The van der Waals surface area contributed by atoms with Crippen LogP contribution in [-0.4, -0.2) is 56.9 Å². The van der Waals surface area contributed by atoms with Gasteiger partial charge in [-0.1, -0.05) is 24.3 Å². The van der Waals surface area contributed by atoms with Crippen LogP contribution in [0, 0.1) is 0 Å². The normalized spacial score (nSPS) is 14.0. The number of carbonyl (C=O) groups is 1. The van der Waals surface area contributed by atoms with Gasteiger partial charge in [0.15, 0.2) is 0 Å². The summed E-state index contributed by atoms with van der Waals surface area (Å²) < 4.78 is 11.1. The number of benzene rings is 2. The topological polar surface area (TPSA) is 54.0 Å². The standard InChI is InChI=1S/C21H27N3O3/c1-2-26-19-9-6-10-20(17-19)27-16-11-22-21(25)24-14-12-23(13-15-24)18-7-4-3-5-8-18/h3-10,17H,2,11-16H2,1H3,(H,22,25). The van der Waals surface area contributed by atoms with Crippen LogP contribution in [0.3, 0.4) is 0 Å². The first-order chi connectivity index (χ1) is 13.3. The minimum Gasteiger partial charge on any atom is -0.494 e. The molecule has 0 saturated carbocycles. The Balaban J connectivity index is 1.36. The number of carbonyl (C=O) groups excluding carboxylic acids is 1. The van der Waals surface area contributed by atoms with E-state index in [1.165, 1.54) is 5.69 Å². The summed E-state index contributed by atoms with van der Waals surface area (Å²) in [7, 11) is 0. The van der Waals surface area contributed by atoms with Gasteiger partial charge in [-0.2, -0.15) is 0 Å². The predicted molar refractivity (Wildman–Crippen MR) is 107 cm³/mol. The zero-order valence-corrected chi connectivity index (χ0v) is 15.8. The average molecular weight is 369 g/mol. The van der Waals surface area contributed by atoms with Crippen LogP contribution in [-0.2, 0) is 0 Å². The first-order valence-corrected chi connectivity index (χ1v) is 9.44. The van der Waals surface area contributed by atoms with Crippen LogP contribution in [0.15, 0.2) is 54.6 Å². The Bertz CT molecular complexity index is 716. The second kappa shape index (κ2) is 9.71. The lowest BCUT2D eigenvalue weighted by Gasteiger charge is -2.36. The molecule has 0 radical (unpaired) electrons. The average Bonchev–Trinajstić information content (AvgIpc) is 2.72. The Hall–Kier alpha value is -2.89. The molecule has 0 aliphatic carbocycles. The molecule has 6 heteroatoms. The fraction of sp³-hybridized carbons (Fsp3) is 0.381. The van der Waals surface area contributed by atoms with Crippen LogP contribution in [0.4, 0.5) is 10.5 Å². The first-order valence-electron chi connectivity index (χ1n) is 9.44. The predicted octanol–water partition coefficient (Wildman–Crippen LogP) is 3.00. The smallest absolute Gasteiger partial charge is 0.317 e. The van der Waals surface area contributed by atoms with Gasteiger partial charge in [0.25, 0.3) is 0 Å². The van der Waals surface area contributed by atoms with Crippen LogP contribution in [0.25, 0.3) is 0 Å². The van der Waals surface area contributed by atoms with Crippen molar-refractivity contribution in [3.8, 4) is 11.5 Å².